The first-order chi connectivity index (χ1) is 12.5. The van der Waals surface area contributed by atoms with E-state index in [2.05, 4.69) is 10.6 Å². The highest BCUT2D eigenvalue weighted by Crippen LogP contribution is 2.25. The Balaban J connectivity index is 1.96. The number of methoxy groups -OCH3 is 1. The molecular weight excluding hydrogens is 352 g/mol. The van der Waals surface area contributed by atoms with E-state index in [-0.39, 0.29) is 12.5 Å². The van der Waals surface area contributed by atoms with Gasteiger partial charge in [-0.1, -0.05) is 54.1 Å². The van der Waals surface area contributed by atoms with Crippen molar-refractivity contribution in [2.75, 3.05) is 13.7 Å². The monoisotopic (exact) mass is 374 g/mol. The van der Waals surface area contributed by atoms with E-state index >= 15 is 0 Å². The molecule has 0 spiro atoms. The van der Waals surface area contributed by atoms with Crippen LogP contribution >= 0.6 is 11.6 Å². The molecule has 2 aromatic rings. The molecule has 2 aromatic carbocycles. The average Bonchev–Trinajstić information content (AvgIpc) is 2.63. The molecule has 0 bridgehead atoms. The Kier molecular flexibility index (Phi) is 7.48. The van der Waals surface area contributed by atoms with Gasteiger partial charge in [-0.3, -0.25) is 4.79 Å². The maximum absolute atomic E-state index is 12.3. The molecule has 2 amide bonds. The van der Waals surface area contributed by atoms with Crippen LogP contribution in [0.1, 0.15) is 29.2 Å². The van der Waals surface area contributed by atoms with Crippen molar-refractivity contribution < 1.29 is 14.3 Å². The lowest BCUT2D eigenvalue weighted by atomic mass is 10.0. The van der Waals surface area contributed by atoms with Crippen LogP contribution in [-0.4, -0.2) is 25.7 Å². The summed E-state index contributed by atoms with van der Waals surface area (Å²) in [5, 5.41) is 6.12. The zero-order valence-electron chi connectivity index (χ0n) is 14.9. The van der Waals surface area contributed by atoms with Crippen molar-refractivity contribution in [3.05, 3.63) is 70.2 Å². The summed E-state index contributed by atoms with van der Waals surface area (Å²) < 4.78 is 4.72. The fraction of sp³-hybridized carbons (Fsp3) is 0.300. The number of aryl methyl sites for hydroxylation is 1. The van der Waals surface area contributed by atoms with Crippen LogP contribution in [0.2, 0.25) is 5.02 Å². The lowest BCUT2D eigenvalue weighted by Gasteiger charge is -2.20. The molecule has 0 aliphatic rings. The van der Waals surface area contributed by atoms with Gasteiger partial charge in [0.15, 0.2) is 0 Å². The highest BCUT2D eigenvalue weighted by atomic mass is 35.5. The largest absolute Gasteiger partial charge is 0.469 e. The van der Waals surface area contributed by atoms with Crippen LogP contribution in [-0.2, 0) is 16.0 Å². The van der Waals surface area contributed by atoms with Crippen molar-refractivity contribution in [1.29, 1.82) is 0 Å². The van der Waals surface area contributed by atoms with E-state index in [9.17, 15) is 9.59 Å². The number of hydrogen-bond donors (Lipinski definition) is 2. The topological polar surface area (TPSA) is 67.4 Å². The number of carbonyl (C=O) groups is 2. The second kappa shape index (κ2) is 9.82. The van der Waals surface area contributed by atoms with Gasteiger partial charge in [0.25, 0.3) is 0 Å². The van der Waals surface area contributed by atoms with Crippen LogP contribution in [0.5, 0.6) is 0 Å². The molecule has 0 aromatic heterocycles. The molecule has 2 rings (SSSR count). The van der Waals surface area contributed by atoms with Gasteiger partial charge in [0, 0.05) is 11.6 Å². The van der Waals surface area contributed by atoms with Crippen LogP contribution < -0.4 is 10.6 Å². The van der Waals surface area contributed by atoms with Crippen LogP contribution in [0.3, 0.4) is 0 Å². The Morgan fingerprint density at radius 3 is 2.50 bits per heavy atom. The summed E-state index contributed by atoms with van der Waals surface area (Å²) in [6.07, 6.45) is 0.735. The van der Waals surface area contributed by atoms with Crippen molar-refractivity contribution in [1.82, 2.24) is 10.6 Å². The van der Waals surface area contributed by atoms with Crippen LogP contribution in [0, 0.1) is 6.92 Å². The number of amides is 2. The first kappa shape index (κ1) is 19.8. The average molecular weight is 375 g/mol. The number of benzene rings is 2. The Hall–Kier alpha value is -2.53. The lowest BCUT2D eigenvalue weighted by molar-refractivity contribution is -0.141. The van der Waals surface area contributed by atoms with E-state index in [1.165, 1.54) is 18.2 Å². The molecule has 2 N–H and O–H groups in total. The molecule has 0 fully saturated rings. The van der Waals surface area contributed by atoms with Crippen molar-refractivity contribution in [2.24, 2.45) is 0 Å². The molecule has 138 valence electrons. The number of nitrogens with one attached hydrogen (secondary N) is 2. The summed E-state index contributed by atoms with van der Waals surface area (Å²) in [5.74, 6) is -0.421. The van der Waals surface area contributed by atoms with Gasteiger partial charge in [-0.15, -0.1) is 0 Å². The number of ether oxygens (including phenoxy) is 1. The minimum Gasteiger partial charge on any atom is -0.469 e. The lowest BCUT2D eigenvalue weighted by Crippen LogP contribution is -2.39. The minimum absolute atomic E-state index is 0.00540. The fourth-order valence-corrected chi connectivity index (χ4v) is 2.92. The van der Waals surface area contributed by atoms with E-state index in [1.54, 1.807) is 18.2 Å². The summed E-state index contributed by atoms with van der Waals surface area (Å²) in [6.45, 7) is 2.53. The summed E-state index contributed by atoms with van der Waals surface area (Å²) in [4.78, 5) is 24.0. The number of hydrogen-bond acceptors (Lipinski definition) is 3. The standard InChI is InChI=1S/C20H23ClN2O3/c1-14-7-3-4-8-15(14)11-12-22-20(25)23-18(13-19(24)26-2)16-9-5-6-10-17(16)21/h3-10,18H,11-13H2,1-2H3,(H2,22,23,25). The van der Waals surface area contributed by atoms with Crippen molar-refractivity contribution in [3.8, 4) is 0 Å². The predicted octanol–water partition coefficient (Wildman–Crippen LogP) is 3.79. The molecule has 0 aliphatic heterocycles. The van der Waals surface area contributed by atoms with Gasteiger partial charge in [0.05, 0.1) is 19.6 Å². The molecule has 0 radical (unpaired) electrons. The Morgan fingerprint density at radius 1 is 1.12 bits per heavy atom. The molecule has 26 heavy (non-hydrogen) atoms. The predicted molar refractivity (Wildman–Crippen MR) is 102 cm³/mol. The Morgan fingerprint density at radius 2 is 1.81 bits per heavy atom. The van der Waals surface area contributed by atoms with E-state index in [1.807, 2.05) is 37.3 Å². The van der Waals surface area contributed by atoms with Crippen molar-refractivity contribution in [3.63, 3.8) is 0 Å². The molecule has 0 saturated carbocycles. The van der Waals surface area contributed by atoms with Crippen molar-refractivity contribution >= 4 is 23.6 Å². The van der Waals surface area contributed by atoms with Crippen LogP contribution in [0.25, 0.3) is 0 Å². The third kappa shape index (κ3) is 5.77. The first-order valence-corrected chi connectivity index (χ1v) is 8.79. The van der Waals surface area contributed by atoms with E-state index < -0.39 is 12.0 Å². The smallest absolute Gasteiger partial charge is 0.315 e. The Labute approximate surface area is 158 Å². The fourth-order valence-electron chi connectivity index (χ4n) is 2.66. The molecule has 6 heteroatoms. The molecule has 0 saturated heterocycles. The van der Waals surface area contributed by atoms with E-state index in [4.69, 9.17) is 16.3 Å². The number of halogens is 1. The minimum atomic E-state index is -0.561. The summed E-state index contributed by atoms with van der Waals surface area (Å²) in [6, 6.07) is 14.2. The molecular formula is C20H23ClN2O3. The third-order valence-electron chi connectivity index (χ3n) is 4.13. The maximum atomic E-state index is 12.3. The SMILES string of the molecule is COC(=O)CC(NC(=O)NCCc1ccccc1C)c1ccccc1Cl. The van der Waals surface area contributed by atoms with Gasteiger partial charge < -0.3 is 15.4 Å². The quantitative estimate of drug-likeness (QED) is 0.724. The number of urea groups is 1. The summed E-state index contributed by atoms with van der Waals surface area (Å²) >= 11 is 6.21. The normalized spacial score (nSPS) is 11.5. The van der Waals surface area contributed by atoms with Gasteiger partial charge in [-0.2, -0.15) is 0 Å². The van der Waals surface area contributed by atoms with E-state index in [0.29, 0.717) is 17.1 Å². The zero-order chi connectivity index (χ0) is 18.9. The third-order valence-corrected chi connectivity index (χ3v) is 4.47. The molecule has 0 heterocycles. The second-order valence-electron chi connectivity index (χ2n) is 5.93. The van der Waals surface area contributed by atoms with Gasteiger partial charge >= 0.3 is 12.0 Å². The van der Waals surface area contributed by atoms with Gasteiger partial charge in [-0.25, -0.2) is 4.79 Å². The molecule has 1 atom stereocenters. The van der Waals surface area contributed by atoms with Crippen LogP contribution in [0.4, 0.5) is 4.79 Å². The van der Waals surface area contributed by atoms with Gasteiger partial charge in [-0.05, 0) is 36.1 Å². The number of esters is 1. The highest BCUT2D eigenvalue weighted by molar-refractivity contribution is 6.31. The maximum Gasteiger partial charge on any atom is 0.315 e. The van der Waals surface area contributed by atoms with Gasteiger partial charge in [0.2, 0.25) is 0 Å². The number of carbonyl (C=O) groups excluding carboxylic acids is 2. The van der Waals surface area contributed by atoms with Crippen LogP contribution in [0.15, 0.2) is 48.5 Å². The van der Waals surface area contributed by atoms with E-state index in [0.717, 1.165) is 6.42 Å². The number of rotatable bonds is 7. The molecule has 1 unspecified atom stereocenters. The summed E-state index contributed by atoms with van der Waals surface area (Å²) in [5.41, 5.74) is 3.05. The van der Waals surface area contributed by atoms with Gasteiger partial charge in [0.1, 0.15) is 0 Å². The second-order valence-corrected chi connectivity index (χ2v) is 6.34. The molecule has 0 aliphatic carbocycles. The Bertz CT molecular complexity index is 764. The highest BCUT2D eigenvalue weighted by Gasteiger charge is 2.20. The van der Waals surface area contributed by atoms with Crippen molar-refractivity contribution in [2.45, 2.75) is 25.8 Å². The first-order valence-electron chi connectivity index (χ1n) is 8.41. The zero-order valence-corrected chi connectivity index (χ0v) is 15.7. The summed E-state index contributed by atoms with van der Waals surface area (Å²) in [7, 11) is 1.31. The molecule has 5 nitrogen and oxygen atoms in total.